The minimum absolute atomic E-state index is 0.0747. The zero-order valence-corrected chi connectivity index (χ0v) is 20.5. The number of H-pyrrole nitrogens is 1. The number of aromatic amines is 1. The van der Waals surface area contributed by atoms with E-state index in [1.807, 2.05) is 12.1 Å². The minimum atomic E-state index is -0.525. The molecular formula is C28H33FN4O3. The lowest BCUT2D eigenvalue weighted by molar-refractivity contribution is -0.00132. The van der Waals surface area contributed by atoms with Crippen molar-refractivity contribution in [2.24, 2.45) is 0 Å². The summed E-state index contributed by atoms with van der Waals surface area (Å²) in [4.78, 5) is 29.4. The lowest BCUT2D eigenvalue weighted by Gasteiger charge is -2.33. The first-order valence-corrected chi connectivity index (χ1v) is 13.0. The van der Waals surface area contributed by atoms with Crippen molar-refractivity contribution in [2.45, 2.75) is 44.6 Å². The van der Waals surface area contributed by atoms with Crippen molar-refractivity contribution in [2.75, 3.05) is 39.3 Å². The van der Waals surface area contributed by atoms with E-state index in [1.54, 1.807) is 29.2 Å². The first-order valence-electron chi connectivity index (χ1n) is 13.0. The summed E-state index contributed by atoms with van der Waals surface area (Å²) in [5.74, 6) is -0.816. The number of carbonyl (C=O) groups is 1. The predicted octanol–water partition coefficient (Wildman–Crippen LogP) is 3.76. The molecule has 2 aliphatic rings. The summed E-state index contributed by atoms with van der Waals surface area (Å²) in [6.45, 7) is 5.14. The number of hydrogen-bond donors (Lipinski definition) is 1. The van der Waals surface area contributed by atoms with Gasteiger partial charge in [-0.1, -0.05) is 30.7 Å². The molecule has 1 N–H and O–H groups in total. The molecule has 5 rings (SSSR count). The fourth-order valence-corrected chi connectivity index (χ4v) is 5.27. The molecule has 0 saturated carbocycles. The van der Waals surface area contributed by atoms with Crippen LogP contribution in [0, 0.1) is 5.82 Å². The van der Waals surface area contributed by atoms with Crippen LogP contribution in [-0.2, 0) is 11.2 Å². The number of likely N-dealkylation sites (tertiary alicyclic amines) is 2. The number of carbonyl (C=O) groups excluding carboxylic acids is 1. The van der Waals surface area contributed by atoms with E-state index < -0.39 is 5.82 Å². The Kier molecular flexibility index (Phi) is 7.72. The molecular weight excluding hydrogens is 459 g/mol. The Morgan fingerprint density at radius 1 is 1.03 bits per heavy atom. The van der Waals surface area contributed by atoms with E-state index in [0.29, 0.717) is 30.6 Å². The van der Waals surface area contributed by atoms with Crippen LogP contribution in [0.4, 0.5) is 4.39 Å². The predicted molar refractivity (Wildman–Crippen MR) is 137 cm³/mol. The first-order chi connectivity index (χ1) is 17.6. The van der Waals surface area contributed by atoms with E-state index in [1.165, 1.54) is 25.3 Å². The number of nitrogens with zero attached hydrogens (tertiary/aromatic N) is 3. The second-order valence-corrected chi connectivity index (χ2v) is 9.80. The molecule has 8 heteroatoms. The number of halogens is 1. The molecule has 0 atom stereocenters. The van der Waals surface area contributed by atoms with Crippen LogP contribution in [0.3, 0.4) is 0 Å². The van der Waals surface area contributed by atoms with Crippen molar-refractivity contribution >= 4 is 16.7 Å². The highest BCUT2D eigenvalue weighted by Gasteiger charge is 2.26. The van der Waals surface area contributed by atoms with Gasteiger partial charge in [0.1, 0.15) is 5.82 Å². The van der Waals surface area contributed by atoms with Crippen LogP contribution in [0.15, 0.2) is 47.3 Å². The van der Waals surface area contributed by atoms with Gasteiger partial charge in [0.05, 0.1) is 29.4 Å². The van der Waals surface area contributed by atoms with Crippen molar-refractivity contribution < 1.29 is 13.9 Å². The molecule has 0 unspecified atom stereocenters. The summed E-state index contributed by atoms with van der Waals surface area (Å²) in [6.07, 6.45) is 5.93. The van der Waals surface area contributed by atoms with Crippen molar-refractivity contribution in [1.29, 1.82) is 0 Å². The Labute approximate surface area is 210 Å². The standard InChI is InChI=1S/C28H33FN4O3/c29-25-9-8-20(19-26-22-6-2-3-7-23(22)27(34)31-30-26)18-24(25)28(35)33-14-10-21(11-15-33)36-17-16-32-12-4-1-5-13-32/h2-3,6-9,18,21H,1,4-5,10-17,19H2,(H,31,34). The first kappa shape index (κ1) is 24.6. The summed E-state index contributed by atoms with van der Waals surface area (Å²) >= 11 is 0. The third-order valence-corrected chi connectivity index (χ3v) is 7.35. The van der Waals surface area contributed by atoms with Gasteiger partial charge in [-0.25, -0.2) is 9.49 Å². The van der Waals surface area contributed by atoms with Gasteiger partial charge in [-0.05, 0) is 62.5 Å². The number of aromatic nitrogens is 2. The minimum Gasteiger partial charge on any atom is -0.377 e. The topological polar surface area (TPSA) is 78.5 Å². The Morgan fingerprint density at radius 2 is 1.78 bits per heavy atom. The van der Waals surface area contributed by atoms with Gasteiger partial charge in [-0.2, -0.15) is 5.10 Å². The van der Waals surface area contributed by atoms with Crippen molar-refractivity contribution in [1.82, 2.24) is 20.0 Å². The molecule has 3 heterocycles. The number of fused-ring (bicyclic) bond motifs is 1. The van der Waals surface area contributed by atoms with E-state index >= 15 is 0 Å². The van der Waals surface area contributed by atoms with Gasteiger partial charge in [0.25, 0.3) is 11.5 Å². The Balaban J connectivity index is 1.20. The van der Waals surface area contributed by atoms with E-state index in [-0.39, 0.29) is 23.1 Å². The largest absolute Gasteiger partial charge is 0.377 e. The average Bonchev–Trinajstić information content (AvgIpc) is 2.92. The van der Waals surface area contributed by atoms with Crippen LogP contribution in [0.1, 0.15) is 53.7 Å². The average molecular weight is 493 g/mol. The fourth-order valence-electron chi connectivity index (χ4n) is 5.27. The lowest BCUT2D eigenvalue weighted by Crippen LogP contribution is -2.42. The second-order valence-electron chi connectivity index (χ2n) is 9.80. The number of piperidine rings is 2. The smallest absolute Gasteiger partial charge is 0.272 e. The van der Waals surface area contributed by atoms with Crippen LogP contribution < -0.4 is 5.56 Å². The molecule has 0 radical (unpaired) electrons. The molecule has 2 fully saturated rings. The molecule has 1 amide bonds. The normalized spacial score (nSPS) is 17.5. The highest BCUT2D eigenvalue weighted by atomic mass is 19.1. The quantitative estimate of drug-likeness (QED) is 0.543. The Morgan fingerprint density at radius 3 is 2.56 bits per heavy atom. The van der Waals surface area contributed by atoms with Gasteiger partial charge in [-0.15, -0.1) is 0 Å². The number of ether oxygens (including phenoxy) is 1. The van der Waals surface area contributed by atoms with Gasteiger partial charge in [0.2, 0.25) is 0 Å². The van der Waals surface area contributed by atoms with Crippen LogP contribution in [-0.4, -0.2) is 71.3 Å². The van der Waals surface area contributed by atoms with E-state index in [0.717, 1.165) is 50.0 Å². The van der Waals surface area contributed by atoms with Crippen molar-refractivity contribution in [3.63, 3.8) is 0 Å². The molecule has 190 valence electrons. The SMILES string of the molecule is O=C(c1cc(Cc2n[nH]c(=O)c3ccccc23)ccc1F)N1CCC(OCCN2CCCCC2)CC1. The molecule has 2 aliphatic heterocycles. The zero-order chi connectivity index (χ0) is 24.9. The molecule has 2 saturated heterocycles. The van der Waals surface area contributed by atoms with E-state index in [2.05, 4.69) is 15.1 Å². The van der Waals surface area contributed by atoms with Crippen molar-refractivity contribution in [3.05, 3.63) is 75.5 Å². The third kappa shape index (κ3) is 5.65. The summed E-state index contributed by atoms with van der Waals surface area (Å²) in [7, 11) is 0. The van der Waals surface area contributed by atoms with Crippen LogP contribution >= 0.6 is 0 Å². The summed E-state index contributed by atoms with van der Waals surface area (Å²) in [5.41, 5.74) is 1.27. The molecule has 2 aromatic carbocycles. The second kappa shape index (κ2) is 11.3. The van der Waals surface area contributed by atoms with Crippen molar-refractivity contribution in [3.8, 4) is 0 Å². The highest BCUT2D eigenvalue weighted by molar-refractivity contribution is 5.95. The monoisotopic (exact) mass is 492 g/mol. The van der Waals surface area contributed by atoms with E-state index in [9.17, 15) is 14.0 Å². The van der Waals surface area contributed by atoms with Gasteiger partial charge in [0.15, 0.2) is 0 Å². The lowest BCUT2D eigenvalue weighted by atomic mass is 10.0. The number of hydrogen-bond acceptors (Lipinski definition) is 5. The van der Waals surface area contributed by atoms with E-state index in [4.69, 9.17) is 4.74 Å². The zero-order valence-electron chi connectivity index (χ0n) is 20.5. The van der Waals surface area contributed by atoms with Crippen LogP contribution in [0.25, 0.3) is 10.8 Å². The van der Waals surface area contributed by atoms with Gasteiger partial charge in [-0.3, -0.25) is 9.59 Å². The van der Waals surface area contributed by atoms with Crippen LogP contribution in [0.2, 0.25) is 0 Å². The third-order valence-electron chi connectivity index (χ3n) is 7.35. The molecule has 0 spiro atoms. The molecule has 0 bridgehead atoms. The number of benzene rings is 2. The number of nitrogens with one attached hydrogen (secondary N) is 1. The molecule has 1 aromatic heterocycles. The Hall–Kier alpha value is -3.10. The Bertz CT molecular complexity index is 1260. The summed E-state index contributed by atoms with van der Waals surface area (Å²) in [6, 6.07) is 11.9. The molecule has 3 aromatic rings. The molecule has 36 heavy (non-hydrogen) atoms. The van der Waals surface area contributed by atoms with Crippen LogP contribution in [0.5, 0.6) is 0 Å². The summed E-state index contributed by atoms with van der Waals surface area (Å²) in [5, 5.41) is 8.05. The van der Waals surface area contributed by atoms with Gasteiger partial charge >= 0.3 is 0 Å². The molecule has 7 nitrogen and oxygen atoms in total. The number of rotatable bonds is 7. The highest BCUT2D eigenvalue weighted by Crippen LogP contribution is 2.22. The fraction of sp³-hybridized carbons (Fsp3) is 0.464. The summed E-state index contributed by atoms with van der Waals surface area (Å²) < 4.78 is 20.8. The number of amides is 1. The maximum Gasteiger partial charge on any atom is 0.272 e. The maximum absolute atomic E-state index is 14.7. The van der Waals surface area contributed by atoms with Gasteiger partial charge in [0, 0.05) is 31.4 Å². The maximum atomic E-state index is 14.7. The van der Waals surface area contributed by atoms with Gasteiger partial charge < -0.3 is 14.5 Å². The molecule has 0 aliphatic carbocycles.